The van der Waals surface area contributed by atoms with Crippen molar-refractivity contribution in [2.45, 2.75) is 32.6 Å². The van der Waals surface area contributed by atoms with Gasteiger partial charge in [-0.05, 0) is 51.0 Å². The topological polar surface area (TPSA) is 77.4 Å². The first kappa shape index (κ1) is 18.1. The molecule has 1 heterocycles. The summed E-state index contributed by atoms with van der Waals surface area (Å²) in [5.74, 6) is -0.545. The molecule has 0 fully saturated rings. The van der Waals surface area contributed by atoms with Gasteiger partial charge in [-0.25, -0.2) is 13.2 Å². The van der Waals surface area contributed by atoms with Gasteiger partial charge in [-0.1, -0.05) is 12.1 Å². The average Bonchev–Trinajstić information content (AvgIpc) is 2.80. The molecule has 7 heteroatoms. The van der Waals surface area contributed by atoms with Gasteiger partial charge in [-0.15, -0.1) is 0 Å². The summed E-state index contributed by atoms with van der Waals surface area (Å²) in [6, 6.07) is 6.90. The van der Waals surface area contributed by atoms with Crippen molar-refractivity contribution in [1.29, 1.82) is 0 Å². The van der Waals surface area contributed by atoms with Crippen LogP contribution in [-0.2, 0) is 21.8 Å². The largest absolute Gasteiger partial charge is 0.461 e. The Labute approximate surface area is 142 Å². The summed E-state index contributed by atoms with van der Waals surface area (Å²) in [4.78, 5) is 12.0. The van der Waals surface area contributed by atoms with Crippen LogP contribution < -0.4 is 4.72 Å². The van der Waals surface area contributed by atoms with Crippen LogP contribution in [0.5, 0.6) is 0 Å². The highest BCUT2D eigenvalue weighted by Crippen LogP contribution is 2.25. The third kappa shape index (κ3) is 3.46. The number of aromatic nitrogens is 1. The van der Waals surface area contributed by atoms with E-state index in [-0.39, 0.29) is 17.2 Å². The molecule has 24 heavy (non-hydrogen) atoms. The number of rotatable bonds is 5. The lowest BCUT2D eigenvalue weighted by Crippen LogP contribution is -2.14. The molecule has 0 saturated heterocycles. The minimum atomic E-state index is -3.81. The van der Waals surface area contributed by atoms with Gasteiger partial charge in [-0.2, -0.15) is 0 Å². The van der Waals surface area contributed by atoms with Crippen molar-refractivity contribution in [2.75, 3.05) is 11.3 Å². The number of aryl methyl sites for hydroxylation is 2. The molecule has 130 valence electrons. The van der Waals surface area contributed by atoms with Crippen molar-refractivity contribution in [3.8, 4) is 0 Å². The fourth-order valence-corrected chi connectivity index (χ4v) is 3.80. The number of hydrogen-bond donors (Lipinski definition) is 1. The molecule has 0 aliphatic heterocycles. The number of hydrogen-bond acceptors (Lipinski definition) is 4. The van der Waals surface area contributed by atoms with Crippen molar-refractivity contribution in [3.05, 3.63) is 46.8 Å². The molecule has 0 spiro atoms. The van der Waals surface area contributed by atoms with Crippen LogP contribution >= 0.6 is 0 Å². The molecule has 1 aromatic heterocycles. The SMILES string of the molecule is CCOC(=O)c1cc(S(=O)(=O)Nc2cc(C)ccc2C)c(C)n1C. The first-order valence-corrected chi connectivity index (χ1v) is 9.09. The second kappa shape index (κ2) is 6.68. The van der Waals surface area contributed by atoms with Crippen LogP contribution in [0.4, 0.5) is 5.69 Å². The maximum Gasteiger partial charge on any atom is 0.354 e. The summed E-state index contributed by atoms with van der Waals surface area (Å²) >= 11 is 0. The van der Waals surface area contributed by atoms with Gasteiger partial charge in [0.05, 0.1) is 12.3 Å². The Morgan fingerprint density at radius 1 is 1.21 bits per heavy atom. The van der Waals surface area contributed by atoms with Gasteiger partial charge in [0.1, 0.15) is 10.6 Å². The number of anilines is 1. The third-order valence-electron chi connectivity index (χ3n) is 3.90. The number of carbonyl (C=O) groups excluding carboxylic acids is 1. The molecule has 0 radical (unpaired) electrons. The maximum atomic E-state index is 12.8. The van der Waals surface area contributed by atoms with Crippen LogP contribution in [0.3, 0.4) is 0 Å². The van der Waals surface area contributed by atoms with Crippen molar-refractivity contribution < 1.29 is 17.9 Å². The van der Waals surface area contributed by atoms with Crippen LogP contribution in [0, 0.1) is 20.8 Å². The van der Waals surface area contributed by atoms with Gasteiger partial charge in [0.2, 0.25) is 0 Å². The van der Waals surface area contributed by atoms with Crippen LogP contribution in [0.2, 0.25) is 0 Å². The number of nitrogens with one attached hydrogen (secondary N) is 1. The summed E-state index contributed by atoms with van der Waals surface area (Å²) < 4.78 is 34.6. The Bertz CT molecular complexity index is 882. The molecule has 0 aliphatic carbocycles. The second-order valence-corrected chi connectivity index (χ2v) is 7.33. The van der Waals surface area contributed by atoms with Crippen molar-refractivity contribution in [1.82, 2.24) is 4.57 Å². The van der Waals surface area contributed by atoms with Crippen LogP contribution in [0.25, 0.3) is 0 Å². The molecule has 0 bridgehead atoms. The van der Waals surface area contributed by atoms with Crippen molar-refractivity contribution >= 4 is 21.7 Å². The number of sulfonamides is 1. The van der Waals surface area contributed by atoms with E-state index in [0.29, 0.717) is 11.4 Å². The van der Waals surface area contributed by atoms with Crippen LogP contribution in [0.15, 0.2) is 29.2 Å². The molecule has 2 aromatic rings. The highest BCUT2D eigenvalue weighted by atomic mass is 32.2. The van der Waals surface area contributed by atoms with E-state index in [9.17, 15) is 13.2 Å². The van der Waals surface area contributed by atoms with E-state index >= 15 is 0 Å². The zero-order valence-corrected chi connectivity index (χ0v) is 15.3. The van der Waals surface area contributed by atoms with Crippen LogP contribution in [0.1, 0.15) is 34.2 Å². The van der Waals surface area contributed by atoms with Crippen molar-refractivity contribution in [3.63, 3.8) is 0 Å². The minimum Gasteiger partial charge on any atom is -0.461 e. The first-order chi connectivity index (χ1) is 11.2. The van der Waals surface area contributed by atoms with E-state index in [4.69, 9.17) is 4.74 Å². The molecule has 1 N–H and O–H groups in total. The summed E-state index contributed by atoms with van der Waals surface area (Å²) in [6.45, 7) is 7.31. The second-order valence-electron chi connectivity index (χ2n) is 5.68. The number of benzene rings is 1. The maximum absolute atomic E-state index is 12.8. The van der Waals surface area contributed by atoms with Crippen molar-refractivity contribution in [2.24, 2.45) is 7.05 Å². The summed E-state index contributed by atoms with van der Waals surface area (Å²) in [5, 5.41) is 0. The van der Waals surface area contributed by atoms with E-state index in [1.807, 2.05) is 26.0 Å². The highest BCUT2D eigenvalue weighted by Gasteiger charge is 2.25. The van der Waals surface area contributed by atoms with Gasteiger partial charge >= 0.3 is 5.97 Å². The molecule has 0 amide bonds. The quantitative estimate of drug-likeness (QED) is 0.841. The van der Waals surface area contributed by atoms with Crippen LogP contribution in [-0.4, -0.2) is 25.6 Å². The molecule has 6 nitrogen and oxygen atoms in total. The van der Waals surface area contributed by atoms with Gasteiger partial charge < -0.3 is 9.30 Å². The molecular formula is C17H22N2O4S. The number of ether oxygens (including phenoxy) is 1. The predicted molar refractivity (Wildman–Crippen MR) is 92.8 cm³/mol. The third-order valence-corrected chi connectivity index (χ3v) is 5.38. The summed E-state index contributed by atoms with van der Waals surface area (Å²) in [7, 11) is -2.17. The Kier molecular flexibility index (Phi) is 5.03. The average molecular weight is 350 g/mol. The lowest BCUT2D eigenvalue weighted by atomic mass is 10.1. The fourth-order valence-electron chi connectivity index (χ4n) is 2.39. The number of carbonyl (C=O) groups is 1. The zero-order chi connectivity index (χ0) is 18.1. The molecule has 1 aromatic carbocycles. The standard InChI is InChI=1S/C17H22N2O4S/c1-6-23-17(20)15-10-16(13(4)19(15)5)24(21,22)18-14-9-11(2)7-8-12(14)3/h7-10,18H,6H2,1-5H3. The molecule has 0 unspecified atom stereocenters. The smallest absolute Gasteiger partial charge is 0.354 e. The monoisotopic (exact) mass is 350 g/mol. The normalized spacial score (nSPS) is 11.4. The molecular weight excluding hydrogens is 328 g/mol. The van der Waals surface area contributed by atoms with E-state index in [2.05, 4.69) is 4.72 Å². The van der Waals surface area contributed by atoms with Gasteiger partial charge in [0.15, 0.2) is 0 Å². The molecule has 0 atom stereocenters. The number of nitrogens with zero attached hydrogens (tertiary/aromatic N) is 1. The number of esters is 1. The van der Waals surface area contributed by atoms with Gasteiger partial charge in [0.25, 0.3) is 10.0 Å². The Hall–Kier alpha value is -2.28. The Morgan fingerprint density at radius 2 is 1.88 bits per heavy atom. The molecule has 0 aliphatic rings. The summed E-state index contributed by atoms with van der Waals surface area (Å²) in [6.07, 6.45) is 0. The van der Waals surface area contributed by atoms with E-state index in [0.717, 1.165) is 11.1 Å². The lowest BCUT2D eigenvalue weighted by Gasteiger charge is -2.11. The Morgan fingerprint density at radius 3 is 2.50 bits per heavy atom. The predicted octanol–water partition coefficient (Wildman–Crippen LogP) is 2.93. The minimum absolute atomic E-state index is 0.0639. The highest BCUT2D eigenvalue weighted by molar-refractivity contribution is 7.92. The molecule has 0 saturated carbocycles. The zero-order valence-electron chi connectivity index (χ0n) is 14.5. The van der Waals surface area contributed by atoms with E-state index in [1.54, 1.807) is 27.0 Å². The fraction of sp³-hybridized carbons (Fsp3) is 0.353. The van der Waals surface area contributed by atoms with Gasteiger partial charge in [-0.3, -0.25) is 4.72 Å². The summed E-state index contributed by atoms with van der Waals surface area (Å²) in [5.41, 5.74) is 2.97. The Balaban J connectivity index is 2.45. The van der Waals surface area contributed by atoms with Gasteiger partial charge in [0, 0.05) is 12.7 Å². The van der Waals surface area contributed by atoms with E-state index in [1.165, 1.54) is 10.6 Å². The molecule has 2 rings (SSSR count). The first-order valence-electron chi connectivity index (χ1n) is 7.61. The van der Waals surface area contributed by atoms with E-state index < -0.39 is 16.0 Å². The lowest BCUT2D eigenvalue weighted by molar-refractivity contribution is 0.0515.